The molecule has 0 N–H and O–H groups in total. The van der Waals surface area contributed by atoms with Crippen molar-refractivity contribution in [2.45, 2.75) is 29.7 Å². The predicted molar refractivity (Wildman–Crippen MR) is 115 cm³/mol. The highest BCUT2D eigenvalue weighted by atomic mass is 32.2. The van der Waals surface area contributed by atoms with Gasteiger partial charge < -0.3 is 4.42 Å². The van der Waals surface area contributed by atoms with E-state index in [4.69, 9.17) is 4.42 Å². The van der Waals surface area contributed by atoms with Crippen molar-refractivity contribution in [3.63, 3.8) is 0 Å². The van der Waals surface area contributed by atoms with Gasteiger partial charge in [-0.15, -0.1) is 10.2 Å². The molecule has 0 aliphatic heterocycles. The van der Waals surface area contributed by atoms with Gasteiger partial charge in [-0.05, 0) is 24.3 Å². The first kappa shape index (κ1) is 20.6. The topological polar surface area (TPSA) is 93.6 Å². The Labute approximate surface area is 179 Å². The molecule has 0 saturated carbocycles. The van der Waals surface area contributed by atoms with E-state index in [1.54, 1.807) is 29.0 Å². The highest BCUT2D eigenvalue weighted by Crippen LogP contribution is 2.25. The van der Waals surface area contributed by atoms with Crippen LogP contribution in [0.4, 0.5) is 0 Å². The van der Waals surface area contributed by atoms with Gasteiger partial charge in [-0.3, -0.25) is 4.40 Å². The number of hydrogen-bond acceptors (Lipinski definition) is 7. The van der Waals surface area contributed by atoms with Crippen LogP contribution < -0.4 is 0 Å². The zero-order valence-electron chi connectivity index (χ0n) is 16.6. The molecule has 156 valence electrons. The van der Waals surface area contributed by atoms with Gasteiger partial charge in [0.05, 0.1) is 10.6 Å². The van der Waals surface area contributed by atoms with Crippen molar-refractivity contribution in [3.05, 3.63) is 60.6 Å². The molecule has 0 fully saturated rings. The van der Waals surface area contributed by atoms with E-state index in [0.717, 1.165) is 11.3 Å². The fourth-order valence-corrected chi connectivity index (χ4v) is 5.29. The number of fused-ring (bicyclic) bond motifs is 1. The molecule has 0 saturated heterocycles. The van der Waals surface area contributed by atoms with Gasteiger partial charge in [-0.2, -0.15) is 4.31 Å². The third-order valence-corrected chi connectivity index (χ3v) is 7.62. The van der Waals surface area contributed by atoms with Crippen LogP contribution in [0.5, 0.6) is 0 Å². The number of oxazole rings is 1. The van der Waals surface area contributed by atoms with Crippen molar-refractivity contribution in [3.8, 4) is 11.5 Å². The van der Waals surface area contributed by atoms with E-state index in [-0.39, 0.29) is 4.90 Å². The standard InChI is InChI=1S/C20H21N5O3S2/c1-3-24(4-2)30(26,27)17-10-11-18-22-23-20(25(18)12-17)29-14-16-13-28-19(21-16)15-8-6-5-7-9-15/h5-13H,3-4,14H2,1-2H3. The molecule has 1 aromatic carbocycles. The van der Waals surface area contributed by atoms with Gasteiger partial charge in [0.25, 0.3) is 0 Å². The molecule has 0 radical (unpaired) electrons. The average molecular weight is 444 g/mol. The van der Waals surface area contributed by atoms with Crippen molar-refractivity contribution in [2.24, 2.45) is 0 Å². The molecular weight excluding hydrogens is 422 g/mol. The molecule has 0 atom stereocenters. The summed E-state index contributed by atoms with van der Waals surface area (Å²) in [6.45, 7) is 4.47. The Kier molecular flexibility index (Phi) is 5.89. The van der Waals surface area contributed by atoms with Gasteiger partial charge in [-0.1, -0.05) is 43.8 Å². The summed E-state index contributed by atoms with van der Waals surface area (Å²) < 4.78 is 34.3. The van der Waals surface area contributed by atoms with Crippen LogP contribution in [-0.2, 0) is 15.8 Å². The van der Waals surface area contributed by atoms with Crippen molar-refractivity contribution >= 4 is 27.4 Å². The molecule has 0 bridgehead atoms. The smallest absolute Gasteiger partial charge is 0.244 e. The molecule has 3 heterocycles. The zero-order chi connectivity index (χ0) is 21.1. The molecular formula is C20H21N5O3S2. The highest BCUT2D eigenvalue weighted by molar-refractivity contribution is 7.98. The maximum atomic E-state index is 12.8. The van der Waals surface area contributed by atoms with E-state index in [1.807, 2.05) is 44.2 Å². The maximum Gasteiger partial charge on any atom is 0.244 e. The summed E-state index contributed by atoms with van der Waals surface area (Å²) >= 11 is 1.42. The Balaban J connectivity index is 1.56. The fraction of sp³-hybridized carbons (Fsp3) is 0.250. The van der Waals surface area contributed by atoms with Gasteiger partial charge in [0.1, 0.15) is 6.26 Å². The van der Waals surface area contributed by atoms with Crippen molar-refractivity contribution in [2.75, 3.05) is 13.1 Å². The van der Waals surface area contributed by atoms with E-state index in [2.05, 4.69) is 15.2 Å². The summed E-state index contributed by atoms with van der Waals surface area (Å²) in [6.07, 6.45) is 3.19. The monoisotopic (exact) mass is 443 g/mol. The number of pyridine rings is 1. The Bertz CT molecular complexity index is 1250. The minimum absolute atomic E-state index is 0.216. The number of sulfonamides is 1. The zero-order valence-corrected chi connectivity index (χ0v) is 18.2. The van der Waals surface area contributed by atoms with Crippen molar-refractivity contribution in [1.29, 1.82) is 0 Å². The Morgan fingerprint density at radius 2 is 1.83 bits per heavy atom. The van der Waals surface area contributed by atoms with Crippen LogP contribution in [-0.4, -0.2) is 45.4 Å². The number of thioether (sulfide) groups is 1. The van der Waals surface area contributed by atoms with Gasteiger partial charge in [0.2, 0.25) is 15.9 Å². The molecule has 0 aliphatic rings. The average Bonchev–Trinajstić information content (AvgIpc) is 3.40. The lowest BCUT2D eigenvalue weighted by Crippen LogP contribution is -2.30. The normalized spacial score (nSPS) is 12.1. The third kappa shape index (κ3) is 3.98. The maximum absolute atomic E-state index is 12.8. The van der Waals surface area contributed by atoms with Crippen LogP contribution in [0.15, 0.2) is 69.4 Å². The van der Waals surface area contributed by atoms with Crippen LogP contribution in [0.1, 0.15) is 19.5 Å². The van der Waals surface area contributed by atoms with Crippen LogP contribution in [0.2, 0.25) is 0 Å². The molecule has 0 aliphatic carbocycles. The first-order valence-electron chi connectivity index (χ1n) is 9.50. The quantitative estimate of drug-likeness (QED) is 0.383. The first-order chi connectivity index (χ1) is 14.5. The largest absolute Gasteiger partial charge is 0.444 e. The summed E-state index contributed by atoms with van der Waals surface area (Å²) in [5, 5.41) is 8.91. The summed E-state index contributed by atoms with van der Waals surface area (Å²) in [6, 6.07) is 12.9. The predicted octanol–water partition coefficient (Wildman–Crippen LogP) is 3.71. The van der Waals surface area contributed by atoms with Crippen LogP contribution in [0.3, 0.4) is 0 Å². The SMILES string of the molecule is CCN(CC)S(=O)(=O)c1ccc2nnc(SCc3coc(-c4ccccc4)n3)n2c1. The van der Waals surface area contributed by atoms with Crippen LogP contribution in [0, 0.1) is 0 Å². The second-order valence-corrected chi connectivity index (χ2v) is 9.34. The van der Waals surface area contributed by atoms with Gasteiger partial charge in [0.15, 0.2) is 10.8 Å². The number of benzene rings is 1. The van der Waals surface area contributed by atoms with Gasteiger partial charge in [0, 0.05) is 30.6 Å². The Morgan fingerprint density at radius 1 is 1.07 bits per heavy atom. The number of nitrogens with zero attached hydrogens (tertiary/aromatic N) is 5. The number of rotatable bonds is 8. The second-order valence-electron chi connectivity index (χ2n) is 6.46. The fourth-order valence-electron chi connectivity index (χ4n) is 3.04. The lowest BCUT2D eigenvalue weighted by Gasteiger charge is -2.18. The van der Waals surface area contributed by atoms with E-state index in [1.165, 1.54) is 16.1 Å². The van der Waals surface area contributed by atoms with E-state index in [0.29, 0.717) is 35.5 Å². The van der Waals surface area contributed by atoms with Crippen LogP contribution in [0.25, 0.3) is 17.1 Å². The molecule has 0 amide bonds. The lowest BCUT2D eigenvalue weighted by molar-refractivity contribution is 0.445. The molecule has 8 nitrogen and oxygen atoms in total. The molecule has 3 aromatic heterocycles. The molecule has 4 aromatic rings. The van der Waals surface area contributed by atoms with Crippen molar-refractivity contribution in [1.82, 2.24) is 23.9 Å². The van der Waals surface area contributed by atoms with E-state index in [9.17, 15) is 8.42 Å². The minimum Gasteiger partial charge on any atom is -0.444 e. The minimum atomic E-state index is -3.56. The second kappa shape index (κ2) is 8.58. The van der Waals surface area contributed by atoms with E-state index >= 15 is 0 Å². The van der Waals surface area contributed by atoms with E-state index < -0.39 is 10.0 Å². The number of hydrogen-bond donors (Lipinski definition) is 0. The molecule has 4 rings (SSSR count). The summed E-state index contributed by atoms with van der Waals surface area (Å²) in [7, 11) is -3.56. The molecule has 0 unspecified atom stereocenters. The molecule has 30 heavy (non-hydrogen) atoms. The summed E-state index contributed by atoms with van der Waals surface area (Å²) in [4.78, 5) is 4.73. The molecule has 0 spiro atoms. The lowest BCUT2D eigenvalue weighted by atomic mass is 10.2. The first-order valence-corrected chi connectivity index (χ1v) is 11.9. The Morgan fingerprint density at radius 3 is 2.57 bits per heavy atom. The van der Waals surface area contributed by atoms with Gasteiger partial charge >= 0.3 is 0 Å². The van der Waals surface area contributed by atoms with Crippen LogP contribution >= 0.6 is 11.8 Å². The summed E-state index contributed by atoms with van der Waals surface area (Å²) in [5.74, 6) is 1.08. The van der Waals surface area contributed by atoms with Crippen molar-refractivity contribution < 1.29 is 12.8 Å². The van der Waals surface area contributed by atoms with Gasteiger partial charge in [-0.25, -0.2) is 13.4 Å². The number of aromatic nitrogens is 4. The molecule has 10 heteroatoms. The summed E-state index contributed by atoms with van der Waals surface area (Å²) in [5.41, 5.74) is 2.26. The Hall–Kier alpha value is -2.69. The highest BCUT2D eigenvalue weighted by Gasteiger charge is 2.23. The third-order valence-electron chi connectivity index (χ3n) is 4.61.